The van der Waals surface area contributed by atoms with Crippen LogP contribution in [-0.4, -0.2) is 16.0 Å². The average Bonchev–Trinajstić information content (AvgIpc) is 2.58. The molecule has 0 amide bonds. The Balaban J connectivity index is 1.87. The summed E-state index contributed by atoms with van der Waals surface area (Å²) in [6, 6.07) is 0.297. The number of imidazole rings is 1. The lowest BCUT2D eigenvalue weighted by Crippen LogP contribution is -2.26. The third kappa shape index (κ3) is 1.50. The van der Waals surface area contributed by atoms with E-state index in [0.717, 1.165) is 24.1 Å². The lowest BCUT2D eigenvalue weighted by molar-refractivity contribution is 0.549. The standard InChI is InChI=1S/C9H15N3/c1-6-4-7(6)8(10)5-9-11-2-3-12-9/h2-3,6-8H,4-5,10H2,1H3,(H,11,12). The van der Waals surface area contributed by atoms with Crippen molar-refractivity contribution in [1.29, 1.82) is 0 Å². The second kappa shape index (κ2) is 2.90. The molecule has 0 saturated heterocycles. The fraction of sp³-hybridized carbons (Fsp3) is 0.667. The van der Waals surface area contributed by atoms with Gasteiger partial charge in [-0.25, -0.2) is 4.98 Å². The van der Waals surface area contributed by atoms with Crippen LogP contribution in [0, 0.1) is 11.8 Å². The minimum atomic E-state index is 0.297. The zero-order chi connectivity index (χ0) is 8.55. The number of aromatic amines is 1. The van der Waals surface area contributed by atoms with Crippen LogP contribution in [0.2, 0.25) is 0 Å². The minimum Gasteiger partial charge on any atom is -0.349 e. The predicted octanol–water partition coefficient (Wildman–Crippen LogP) is 0.935. The Hall–Kier alpha value is -0.830. The normalized spacial score (nSPS) is 30.2. The van der Waals surface area contributed by atoms with Crippen LogP contribution in [-0.2, 0) is 6.42 Å². The molecule has 0 aromatic carbocycles. The Morgan fingerprint density at radius 3 is 3.08 bits per heavy atom. The zero-order valence-corrected chi connectivity index (χ0v) is 7.33. The van der Waals surface area contributed by atoms with E-state index in [1.54, 1.807) is 6.20 Å². The molecular formula is C9H15N3. The summed E-state index contributed by atoms with van der Waals surface area (Å²) < 4.78 is 0. The molecule has 66 valence electrons. The molecule has 0 bridgehead atoms. The van der Waals surface area contributed by atoms with Crippen LogP contribution in [0.15, 0.2) is 12.4 Å². The maximum atomic E-state index is 6.00. The fourth-order valence-corrected chi connectivity index (χ4v) is 1.73. The van der Waals surface area contributed by atoms with Gasteiger partial charge < -0.3 is 10.7 Å². The molecule has 1 fully saturated rings. The Morgan fingerprint density at radius 1 is 1.83 bits per heavy atom. The Kier molecular flexibility index (Phi) is 1.89. The van der Waals surface area contributed by atoms with Gasteiger partial charge in [-0.2, -0.15) is 0 Å². The van der Waals surface area contributed by atoms with Crippen molar-refractivity contribution in [2.45, 2.75) is 25.8 Å². The van der Waals surface area contributed by atoms with Gasteiger partial charge in [0.25, 0.3) is 0 Å². The first-order valence-electron chi connectivity index (χ1n) is 4.51. The maximum Gasteiger partial charge on any atom is 0.107 e. The Bertz CT molecular complexity index is 242. The number of nitrogens with two attached hydrogens (primary N) is 1. The van der Waals surface area contributed by atoms with Gasteiger partial charge in [0.1, 0.15) is 5.82 Å². The number of nitrogens with zero attached hydrogens (tertiary/aromatic N) is 1. The van der Waals surface area contributed by atoms with Crippen molar-refractivity contribution in [2.75, 3.05) is 0 Å². The first-order valence-corrected chi connectivity index (χ1v) is 4.51. The van der Waals surface area contributed by atoms with Gasteiger partial charge in [0.05, 0.1) is 0 Å². The van der Waals surface area contributed by atoms with E-state index in [1.807, 2.05) is 6.20 Å². The van der Waals surface area contributed by atoms with Crippen molar-refractivity contribution in [3.63, 3.8) is 0 Å². The topological polar surface area (TPSA) is 54.7 Å². The van der Waals surface area contributed by atoms with E-state index in [1.165, 1.54) is 6.42 Å². The van der Waals surface area contributed by atoms with Crippen molar-refractivity contribution in [2.24, 2.45) is 17.6 Å². The zero-order valence-electron chi connectivity index (χ0n) is 7.33. The van der Waals surface area contributed by atoms with E-state index in [0.29, 0.717) is 6.04 Å². The highest BCUT2D eigenvalue weighted by Gasteiger charge is 2.37. The Labute approximate surface area is 72.4 Å². The Morgan fingerprint density at radius 2 is 2.58 bits per heavy atom. The van der Waals surface area contributed by atoms with Crippen LogP contribution < -0.4 is 5.73 Å². The summed E-state index contributed by atoms with van der Waals surface area (Å²) in [5.41, 5.74) is 6.00. The predicted molar refractivity (Wildman–Crippen MR) is 47.5 cm³/mol. The number of H-pyrrole nitrogens is 1. The largest absolute Gasteiger partial charge is 0.349 e. The van der Waals surface area contributed by atoms with Gasteiger partial charge in [-0.15, -0.1) is 0 Å². The third-order valence-electron chi connectivity index (χ3n) is 2.71. The van der Waals surface area contributed by atoms with Crippen molar-refractivity contribution >= 4 is 0 Å². The minimum absolute atomic E-state index is 0.297. The van der Waals surface area contributed by atoms with Gasteiger partial charge in [0, 0.05) is 24.9 Å². The molecule has 1 saturated carbocycles. The fourth-order valence-electron chi connectivity index (χ4n) is 1.73. The SMILES string of the molecule is CC1CC1C(N)Cc1ncc[nH]1. The molecule has 3 unspecified atom stereocenters. The quantitative estimate of drug-likeness (QED) is 0.700. The molecule has 3 nitrogen and oxygen atoms in total. The lowest BCUT2D eigenvalue weighted by Gasteiger charge is -2.07. The first kappa shape index (κ1) is 7.80. The molecule has 12 heavy (non-hydrogen) atoms. The van der Waals surface area contributed by atoms with E-state index >= 15 is 0 Å². The lowest BCUT2D eigenvalue weighted by atomic mass is 10.1. The molecule has 0 spiro atoms. The molecule has 1 aliphatic rings. The second-order valence-electron chi connectivity index (χ2n) is 3.78. The summed E-state index contributed by atoms with van der Waals surface area (Å²) in [6.07, 6.45) is 5.81. The highest BCUT2D eigenvalue weighted by molar-refractivity contribution is 4.97. The molecule has 1 aliphatic carbocycles. The summed E-state index contributed by atoms with van der Waals surface area (Å²) >= 11 is 0. The van der Waals surface area contributed by atoms with Gasteiger partial charge >= 0.3 is 0 Å². The van der Waals surface area contributed by atoms with Crippen molar-refractivity contribution < 1.29 is 0 Å². The van der Waals surface area contributed by atoms with Crippen LogP contribution >= 0.6 is 0 Å². The van der Waals surface area contributed by atoms with Gasteiger partial charge in [0.15, 0.2) is 0 Å². The second-order valence-corrected chi connectivity index (χ2v) is 3.78. The van der Waals surface area contributed by atoms with Crippen molar-refractivity contribution in [3.05, 3.63) is 18.2 Å². The summed E-state index contributed by atoms with van der Waals surface area (Å²) in [7, 11) is 0. The van der Waals surface area contributed by atoms with E-state index in [2.05, 4.69) is 16.9 Å². The smallest absolute Gasteiger partial charge is 0.107 e. The van der Waals surface area contributed by atoms with E-state index in [9.17, 15) is 0 Å². The van der Waals surface area contributed by atoms with Crippen molar-refractivity contribution in [3.8, 4) is 0 Å². The van der Waals surface area contributed by atoms with Crippen LogP contribution in [0.4, 0.5) is 0 Å². The molecule has 1 heterocycles. The van der Waals surface area contributed by atoms with Crippen LogP contribution in [0.1, 0.15) is 19.2 Å². The average molecular weight is 165 g/mol. The number of nitrogens with one attached hydrogen (secondary N) is 1. The van der Waals surface area contributed by atoms with Gasteiger partial charge in [0.2, 0.25) is 0 Å². The van der Waals surface area contributed by atoms with E-state index in [-0.39, 0.29) is 0 Å². The summed E-state index contributed by atoms with van der Waals surface area (Å²) in [6.45, 7) is 2.26. The molecule has 0 radical (unpaired) electrons. The van der Waals surface area contributed by atoms with Crippen LogP contribution in [0.3, 0.4) is 0 Å². The van der Waals surface area contributed by atoms with E-state index < -0.39 is 0 Å². The summed E-state index contributed by atoms with van der Waals surface area (Å²) in [5.74, 6) is 2.58. The molecule has 3 heteroatoms. The molecular weight excluding hydrogens is 150 g/mol. The first-order chi connectivity index (χ1) is 5.77. The number of rotatable bonds is 3. The molecule has 1 aromatic rings. The summed E-state index contributed by atoms with van der Waals surface area (Å²) in [4.78, 5) is 7.23. The van der Waals surface area contributed by atoms with Crippen LogP contribution in [0.5, 0.6) is 0 Å². The molecule has 3 N–H and O–H groups in total. The van der Waals surface area contributed by atoms with Crippen molar-refractivity contribution in [1.82, 2.24) is 9.97 Å². The van der Waals surface area contributed by atoms with E-state index in [4.69, 9.17) is 5.73 Å². The maximum absolute atomic E-state index is 6.00. The highest BCUT2D eigenvalue weighted by atomic mass is 14.9. The number of aromatic nitrogens is 2. The number of hydrogen-bond donors (Lipinski definition) is 2. The summed E-state index contributed by atoms with van der Waals surface area (Å²) in [5, 5.41) is 0. The molecule has 2 rings (SSSR count). The monoisotopic (exact) mass is 165 g/mol. The van der Waals surface area contributed by atoms with Gasteiger partial charge in [-0.3, -0.25) is 0 Å². The highest BCUT2D eigenvalue weighted by Crippen LogP contribution is 2.40. The van der Waals surface area contributed by atoms with Gasteiger partial charge in [-0.1, -0.05) is 6.92 Å². The molecule has 0 aliphatic heterocycles. The van der Waals surface area contributed by atoms with Gasteiger partial charge in [-0.05, 0) is 18.3 Å². The molecule has 3 atom stereocenters. The molecule has 1 aromatic heterocycles. The third-order valence-corrected chi connectivity index (χ3v) is 2.71. The van der Waals surface area contributed by atoms with Crippen LogP contribution in [0.25, 0.3) is 0 Å². The number of hydrogen-bond acceptors (Lipinski definition) is 2.